The molecular formula is C44H55ClN2O14. The van der Waals surface area contributed by atoms with Crippen LogP contribution in [0.5, 0.6) is 11.5 Å². The average Bonchev–Trinajstić information content (AvgIpc) is 3.46. The van der Waals surface area contributed by atoms with Crippen LogP contribution in [0.15, 0.2) is 48.0 Å². The fraction of sp³-hybridized carbons (Fsp3) is 0.523. The van der Waals surface area contributed by atoms with E-state index in [9.17, 15) is 24.3 Å². The van der Waals surface area contributed by atoms with Crippen molar-refractivity contribution in [1.29, 1.82) is 0 Å². The third-order valence-corrected chi connectivity index (χ3v) is 9.13. The van der Waals surface area contributed by atoms with Crippen molar-refractivity contribution >= 4 is 35.6 Å². The summed E-state index contributed by atoms with van der Waals surface area (Å²) in [7, 11) is 2.75. The molecule has 0 unspecified atom stereocenters. The molecule has 2 aromatic rings. The van der Waals surface area contributed by atoms with Gasteiger partial charge in [0.1, 0.15) is 42.9 Å². The quantitative estimate of drug-likeness (QED) is 0.0555. The normalized spacial score (nSPS) is 18.5. The van der Waals surface area contributed by atoms with Crippen molar-refractivity contribution in [1.82, 2.24) is 10.3 Å². The minimum absolute atomic E-state index is 0.0000883. The number of rotatable bonds is 21. The first-order valence-corrected chi connectivity index (χ1v) is 19.8. The summed E-state index contributed by atoms with van der Waals surface area (Å²) in [5.74, 6) is 6.91. The molecule has 1 aromatic carbocycles. The van der Waals surface area contributed by atoms with E-state index in [2.05, 4.69) is 28.1 Å². The lowest BCUT2D eigenvalue weighted by Gasteiger charge is -2.35. The van der Waals surface area contributed by atoms with Crippen molar-refractivity contribution in [2.45, 2.75) is 96.5 Å². The molecule has 6 atom stereocenters. The molecule has 332 valence electrons. The maximum absolute atomic E-state index is 12.7. The van der Waals surface area contributed by atoms with Crippen LogP contribution in [0, 0.1) is 30.1 Å². The van der Waals surface area contributed by atoms with Crippen LogP contribution >= 0.6 is 11.6 Å². The van der Waals surface area contributed by atoms with Gasteiger partial charge in [0.05, 0.1) is 58.1 Å². The van der Waals surface area contributed by atoms with Crippen LogP contribution in [-0.4, -0.2) is 111 Å². The van der Waals surface area contributed by atoms with E-state index in [-0.39, 0.29) is 61.4 Å². The Balaban J connectivity index is 2.11. The van der Waals surface area contributed by atoms with Gasteiger partial charge in [-0.2, -0.15) is 0 Å². The van der Waals surface area contributed by atoms with E-state index < -0.39 is 72.1 Å². The van der Waals surface area contributed by atoms with Crippen LogP contribution < -0.4 is 14.8 Å². The minimum Gasteiger partial charge on any atom is -0.497 e. The summed E-state index contributed by atoms with van der Waals surface area (Å²) in [6, 6.07) is 8.93. The number of aliphatic hydroxyl groups excluding tert-OH is 1. The van der Waals surface area contributed by atoms with E-state index >= 15 is 0 Å². The van der Waals surface area contributed by atoms with Gasteiger partial charge in [-0.15, -0.1) is 12.3 Å². The van der Waals surface area contributed by atoms with E-state index in [4.69, 9.17) is 60.7 Å². The van der Waals surface area contributed by atoms with E-state index in [0.717, 1.165) is 0 Å². The number of terminal acetylenes is 1. The molecule has 1 aromatic heterocycles. The molecule has 17 heteroatoms. The maximum atomic E-state index is 12.7. The van der Waals surface area contributed by atoms with E-state index in [0.29, 0.717) is 17.9 Å². The van der Waals surface area contributed by atoms with Gasteiger partial charge in [0.2, 0.25) is 0 Å². The summed E-state index contributed by atoms with van der Waals surface area (Å²) in [4.78, 5) is 53.5. The number of nitrogens with one attached hydrogen (secondary N) is 1. The monoisotopic (exact) mass is 870 g/mol. The predicted octanol–water partition coefficient (Wildman–Crippen LogP) is 5.07. The van der Waals surface area contributed by atoms with Gasteiger partial charge in [0.15, 0.2) is 16.5 Å². The standard InChI is InChI=1S/C44H55ClN2O14/c1-10-12-31(38(26-57-28(3)48)56-22-21-55-11-2)15-16-32-23-37(40(51)44(32,27-58-29(4)49)59-25-30-13-17-33(53-8)18-14-30)60-36-20-19-34(46-41(36)45)35(24-39(50)54-9)47-42(52)61-43(5,6)7/h1,13-14,17-20,23,31,35,37-38,40,51H,11-12,21-22,24-27H2,2-9H3,(H,47,52)/t31-,35-,37+,38+,40-,44+/m1/s1. The molecule has 0 radical (unpaired) electrons. The number of hydrogen-bond acceptors (Lipinski definition) is 15. The average molecular weight is 871 g/mol. The molecule has 0 saturated carbocycles. The van der Waals surface area contributed by atoms with Crippen LogP contribution in [0.25, 0.3) is 0 Å². The molecule has 1 amide bonds. The van der Waals surface area contributed by atoms with Gasteiger partial charge in [-0.1, -0.05) is 35.6 Å². The summed E-state index contributed by atoms with van der Waals surface area (Å²) in [6.07, 6.45) is 2.69. The number of nitrogens with zero attached hydrogens (tertiary/aromatic N) is 1. The number of aliphatic hydroxyl groups is 1. The van der Waals surface area contributed by atoms with Crippen molar-refractivity contribution in [2.24, 2.45) is 5.92 Å². The highest BCUT2D eigenvalue weighted by atomic mass is 35.5. The number of ether oxygens (including phenoxy) is 9. The fourth-order valence-electron chi connectivity index (χ4n) is 5.83. The molecule has 1 heterocycles. The zero-order valence-corrected chi connectivity index (χ0v) is 36.5. The Morgan fingerprint density at radius 3 is 2.33 bits per heavy atom. The summed E-state index contributed by atoms with van der Waals surface area (Å²) < 4.78 is 50.5. The Kier molecular flexibility index (Phi) is 19.8. The van der Waals surface area contributed by atoms with Crippen LogP contribution in [-0.2, 0) is 54.1 Å². The third kappa shape index (κ3) is 15.9. The van der Waals surface area contributed by atoms with Gasteiger partial charge >= 0.3 is 24.0 Å². The molecule has 0 aliphatic heterocycles. The highest BCUT2D eigenvalue weighted by molar-refractivity contribution is 6.30. The van der Waals surface area contributed by atoms with Gasteiger partial charge in [0.25, 0.3) is 0 Å². The van der Waals surface area contributed by atoms with Gasteiger partial charge in [-0.05, 0) is 63.6 Å². The highest BCUT2D eigenvalue weighted by Crippen LogP contribution is 2.39. The summed E-state index contributed by atoms with van der Waals surface area (Å²) in [5.41, 5.74) is -1.60. The van der Waals surface area contributed by atoms with Crippen molar-refractivity contribution in [3.8, 4) is 35.7 Å². The molecule has 0 spiro atoms. The zero-order valence-electron chi connectivity index (χ0n) is 35.7. The second-order valence-electron chi connectivity index (χ2n) is 14.6. The first kappa shape index (κ1) is 50.0. The number of halogens is 1. The van der Waals surface area contributed by atoms with Crippen molar-refractivity contribution in [3.63, 3.8) is 0 Å². The number of pyridine rings is 1. The molecule has 0 fully saturated rings. The molecule has 1 aliphatic carbocycles. The Morgan fingerprint density at radius 2 is 1.74 bits per heavy atom. The molecule has 3 rings (SSSR count). The Morgan fingerprint density at radius 1 is 1.03 bits per heavy atom. The molecule has 2 N–H and O–H groups in total. The van der Waals surface area contributed by atoms with Crippen molar-refractivity contribution < 1.29 is 66.9 Å². The van der Waals surface area contributed by atoms with Crippen LogP contribution in [0.2, 0.25) is 5.15 Å². The largest absolute Gasteiger partial charge is 0.497 e. The lowest BCUT2D eigenvalue weighted by Crippen LogP contribution is -2.52. The maximum Gasteiger partial charge on any atom is 0.408 e. The molecule has 16 nitrogen and oxygen atoms in total. The summed E-state index contributed by atoms with van der Waals surface area (Å²) in [5, 5.41) is 14.6. The number of hydrogen-bond donors (Lipinski definition) is 2. The summed E-state index contributed by atoms with van der Waals surface area (Å²) in [6.45, 7) is 9.57. The summed E-state index contributed by atoms with van der Waals surface area (Å²) >= 11 is 6.66. The second kappa shape index (κ2) is 24.2. The minimum atomic E-state index is -1.81. The van der Waals surface area contributed by atoms with Gasteiger partial charge in [-0.3, -0.25) is 14.4 Å². The van der Waals surface area contributed by atoms with E-state index in [1.165, 1.54) is 46.3 Å². The Bertz CT molecular complexity index is 1930. The molecule has 0 saturated heterocycles. The predicted molar refractivity (Wildman–Crippen MR) is 221 cm³/mol. The smallest absolute Gasteiger partial charge is 0.408 e. The fourth-order valence-corrected chi connectivity index (χ4v) is 6.03. The number of alkyl carbamates (subject to hydrolysis) is 1. The number of methoxy groups -OCH3 is 2. The number of carbonyl (C=O) groups excluding carboxylic acids is 4. The third-order valence-electron chi connectivity index (χ3n) is 8.86. The van der Waals surface area contributed by atoms with Crippen molar-refractivity contribution in [2.75, 3.05) is 47.3 Å². The van der Waals surface area contributed by atoms with E-state index in [1.807, 2.05) is 6.92 Å². The van der Waals surface area contributed by atoms with Gasteiger partial charge in [-0.25, -0.2) is 9.78 Å². The molecular weight excluding hydrogens is 816 g/mol. The van der Waals surface area contributed by atoms with E-state index in [1.54, 1.807) is 45.0 Å². The van der Waals surface area contributed by atoms with Crippen molar-refractivity contribution in [3.05, 3.63) is 64.5 Å². The van der Waals surface area contributed by atoms with Gasteiger partial charge in [0, 0.05) is 32.4 Å². The topological polar surface area (TPSA) is 196 Å². The van der Waals surface area contributed by atoms with Gasteiger partial charge < -0.3 is 53.1 Å². The molecule has 1 aliphatic rings. The number of benzene rings is 1. The number of aromatic nitrogens is 1. The first-order valence-electron chi connectivity index (χ1n) is 19.4. The Labute approximate surface area is 361 Å². The second-order valence-corrected chi connectivity index (χ2v) is 15.0. The molecule has 0 bridgehead atoms. The first-order chi connectivity index (χ1) is 28.9. The van der Waals surface area contributed by atoms with Crippen LogP contribution in [0.1, 0.15) is 71.7 Å². The SMILES string of the molecule is C#CC[C@H](C#CC1=C[C@H](Oc2ccc([C@@H](CC(=O)OC)NC(=O)OC(C)(C)C)nc2Cl)[C@@H](O)[C@@]1(COC(C)=O)OCc1ccc(OC)cc1)[C@H](COC(C)=O)OCCOCC. The number of esters is 3. The number of amides is 1. The van der Waals surface area contributed by atoms with Crippen LogP contribution in [0.3, 0.4) is 0 Å². The number of carbonyl (C=O) groups is 4. The highest BCUT2D eigenvalue weighted by Gasteiger charge is 2.53. The lowest BCUT2D eigenvalue weighted by atomic mass is 9.91. The zero-order chi connectivity index (χ0) is 45.2. The van der Waals surface area contributed by atoms with Crippen LogP contribution in [0.4, 0.5) is 4.79 Å². The lowest BCUT2D eigenvalue weighted by molar-refractivity contribution is -0.167. The Hall–Kier alpha value is -5.36. The molecule has 61 heavy (non-hydrogen) atoms.